The molecule has 1 aliphatic carbocycles. The smallest absolute Gasteiger partial charge is 0.257 e. The largest absolute Gasteiger partial charge is 0.363 e. The minimum Gasteiger partial charge on any atom is -0.363 e. The number of anilines is 1. The van der Waals surface area contributed by atoms with E-state index in [1.165, 1.54) is 35.4 Å². The molecule has 0 saturated heterocycles. The first-order chi connectivity index (χ1) is 10.6. The number of nitrogens with one attached hydrogen (secondary N) is 1. The molecule has 0 unspecified atom stereocenters. The Labute approximate surface area is 125 Å². The van der Waals surface area contributed by atoms with Crippen molar-refractivity contribution in [3.63, 3.8) is 0 Å². The van der Waals surface area contributed by atoms with E-state index in [4.69, 9.17) is 0 Å². The molecular formula is C15H14FN3O3. The molecule has 0 atom stereocenters. The highest BCUT2D eigenvalue weighted by Crippen LogP contribution is 2.28. The van der Waals surface area contributed by atoms with Gasteiger partial charge in [0.1, 0.15) is 18.6 Å². The lowest BCUT2D eigenvalue weighted by Gasteiger charge is -2.21. The van der Waals surface area contributed by atoms with E-state index in [9.17, 15) is 14.0 Å². The highest BCUT2D eigenvalue weighted by atomic mass is 19.1. The van der Waals surface area contributed by atoms with Gasteiger partial charge in [-0.15, -0.1) is 0 Å². The molecule has 1 saturated carbocycles. The summed E-state index contributed by atoms with van der Waals surface area (Å²) in [6, 6.07) is 7.24. The molecule has 0 bridgehead atoms. The van der Waals surface area contributed by atoms with Gasteiger partial charge in [0.2, 0.25) is 5.91 Å². The highest BCUT2D eigenvalue weighted by Gasteiger charge is 2.35. The molecule has 6 nitrogen and oxygen atoms in total. The number of carbonyl (C=O) groups is 2. The van der Waals surface area contributed by atoms with E-state index in [0.717, 1.165) is 12.8 Å². The molecule has 0 aliphatic heterocycles. The Balaban J connectivity index is 1.72. The molecule has 2 amide bonds. The zero-order chi connectivity index (χ0) is 15.5. The van der Waals surface area contributed by atoms with Crippen molar-refractivity contribution in [3.8, 4) is 0 Å². The van der Waals surface area contributed by atoms with E-state index in [-0.39, 0.29) is 24.0 Å². The summed E-state index contributed by atoms with van der Waals surface area (Å²) in [5, 5.41) is 6.10. The Hall–Kier alpha value is -2.70. The van der Waals surface area contributed by atoms with E-state index in [0.29, 0.717) is 0 Å². The van der Waals surface area contributed by atoms with Crippen LogP contribution in [0.1, 0.15) is 23.2 Å². The second-order valence-corrected chi connectivity index (χ2v) is 5.08. The summed E-state index contributed by atoms with van der Waals surface area (Å²) in [6.07, 6.45) is 2.97. The van der Waals surface area contributed by atoms with Crippen molar-refractivity contribution in [3.05, 3.63) is 48.0 Å². The Morgan fingerprint density at radius 2 is 2.09 bits per heavy atom. The molecule has 1 aliphatic rings. The van der Waals surface area contributed by atoms with Crippen LogP contribution in [-0.4, -0.2) is 34.5 Å². The number of benzene rings is 1. The third kappa shape index (κ3) is 3.13. The summed E-state index contributed by atoms with van der Waals surface area (Å²) in [7, 11) is 0. The predicted octanol–water partition coefficient (Wildman–Crippen LogP) is 2.06. The third-order valence-electron chi connectivity index (χ3n) is 3.37. The summed E-state index contributed by atoms with van der Waals surface area (Å²) >= 11 is 0. The van der Waals surface area contributed by atoms with Crippen molar-refractivity contribution >= 4 is 17.6 Å². The Morgan fingerprint density at radius 1 is 1.32 bits per heavy atom. The van der Waals surface area contributed by atoms with Gasteiger partial charge in [-0.25, -0.2) is 4.39 Å². The number of hydrogen-bond acceptors (Lipinski definition) is 4. The second kappa shape index (κ2) is 5.97. The molecule has 1 N–H and O–H groups in total. The Bertz CT molecular complexity index is 683. The predicted molar refractivity (Wildman–Crippen MR) is 75.6 cm³/mol. The first-order valence-corrected chi connectivity index (χ1v) is 6.91. The molecule has 114 valence electrons. The minimum atomic E-state index is -0.588. The lowest BCUT2D eigenvalue weighted by atomic mass is 10.2. The molecular weight excluding hydrogens is 289 g/mol. The maximum atomic E-state index is 13.8. The molecule has 1 aromatic carbocycles. The van der Waals surface area contributed by atoms with E-state index in [1.807, 2.05) is 0 Å². The molecule has 3 rings (SSSR count). The van der Waals surface area contributed by atoms with Gasteiger partial charge in [0.15, 0.2) is 5.82 Å². The van der Waals surface area contributed by atoms with Gasteiger partial charge < -0.3 is 14.7 Å². The zero-order valence-electron chi connectivity index (χ0n) is 11.7. The van der Waals surface area contributed by atoms with Crippen LogP contribution in [0.2, 0.25) is 0 Å². The van der Waals surface area contributed by atoms with Gasteiger partial charge >= 0.3 is 0 Å². The number of hydrogen-bond donors (Lipinski definition) is 1. The van der Waals surface area contributed by atoms with Gasteiger partial charge in [-0.2, -0.15) is 0 Å². The maximum Gasteiger partial charge on any atom is 0.257 e. The Kier molecular flexibility index (Phi) is 3.86. The number of halogens is 1. The van der Waals surface area contributed by atoms with E-state index < -0.39 is 17.6 Å². The fourth-order valence-electron chi connectivity index (χ4n) is 2.16. The molecule has 7 heteroatoms. The van der Waals surface area contributed by atoms with Crippen LogP contribution in [0.15, 0.2) is 41.1 Å². The average molecular weight is 303 g/mol. The quantitative estimate of drug-likeness (QED) is 0.917. The second-order valence-electron chi connectivity index (χ2n) is 5.08. The molecule has 1 heterocycles. The molecule has 22 heavy (non-hydrogen) atoms. The van der Waals surface area contributed by atoms with Crippen LogP contribution in [0.25, 0.3) is 0 Å². The van der Waals surface area contributed by atoms with Crippen LogP contribution >= 0.6 is 0 Å². The maximum absolute atomic E-state index is 13.8. The lowest BCUT2D eigenvalue weighted by molar-refractivity contribution is -0.117. The third-order valence-corrected chi connectivity index (χ3v) is 3.37. The first kappa shape index (κ1) is 14.2. The summed E-state index contributed by atoms with van der Waals surface area (Å²) in [5.41, 5.74) is -0.0244. The monoisotopic (exact) mass is 303 g/mol. The molecule has 2 aromatic rings. The molecule has 0 radical (unpaired) electrons. The van der Waals surface area contributed by atoms with Crippen LogP contribution in [0, 0.1) is 5.82 Å². The molecule has 0 spiro atoms. The van der Waals surface area contributed by atoms with Crippen molar-refractivity contribution in [1.29, 1.82) is 0 Å². The fourth-order valence-corrected chi connectivity index (χ4v) is 2.16. The number of aromatic nitrogens is 1. The van der Waals surface area contributed by atoms with E-state index in [1.54, 1.807) is 6.07 Å². The molecule has 1 fully saturated rings. The minimum absolute atomic E-state index is 0.0184. The van der Waals surface area contributed by atoms with E-state index in [2.05, 4.69) is 15.0 Å². The van der Waals surface area contributed by atoms with Gasteiger partial charge in [-0.1, -0.05) is 17.3 Å². The zero-order valence-corrected chi connectivity index (χ0v) is 11.7. The summed E-state index contributed by atoms with van der Waals surface area (Å²) in [4.78, 5) is 25.8. The number of nitrogens with zero attached hydrogens (tertiary/aromatic N) is 2. The summed E-state index contributed by atoms with van der Waals surface area (Å²) in [5.74, 6) is -1.18. The lowest BCUT2D eigenvalue weighted by Crippen LogP contribution is -2.40. The van der Waals surface area contributed by atoms with Gasteiger partial charge in [0, 0.05) is 12.1 Å². The topological polar surface area (TPSA) is 75.4 Å². The van der Waals surface area contributed by atoms with Gasteiger partial charge in [0.05, 0.1) is 5.56 Å². The highest BCUT2D eigenvalue weighted by molar-refractivity contribution is 5.99. The van der Waals surface area contributed by atoms with Crippen LogP contribution in [0.3, 0.4) is 0 Å². The summed E-state index contributed by atoms with van der Waals surface area (Å²) in [6.45, 7) is -0.148. The average Bonchev–Trinajstić information content (AvgIpc) is 3.22. The van der Waals surface area contributed by atoms with Crippen molar-refractivity contribution in [2.24, 2.45) is 0 Å². The number of rotatable bonds is 5. The van der Waals surface area contributed by atoms with Gasteiger partial charge in [0.25, 0.3) is 5.91 Å². The van der Waals surface area contributed by atoms with Gasteiger partial charge in [-0.05, 0) is 25.0 Å². The molecule has 1 aromatic heterocycles. The normalized spacial score (nSPS) is 13.7. The SMILES string of the molecule is O=C(CN(C(=O)c1ccccc1F)C1CC1)Nc1ccon1. The summed E-state index contributed by atoms with van der Waals surface area (Å²) < 4.78 is 18.4. The van der Waals surface area contributed by atoms with Crippen LogP contribution in [-0.2, 0) is 4.79 Å². The van der Waals surface area contributed by atoms with E-state index >= 15 is 0 Å². The first-order valence-electron chi connectivity index (χ1n) is 6.91. The van der Waals surface area contributed by atoms with Crippen molar-refractivity contribution in [2.45, 2.75) is 18.9 Å². The van der Waals surface area contributed by atoms with Crippen LogP contribution in [0.5, 0.6) is 0 Å². The van der Waals surface area contributed by atoms with Crippen LogP contribution < -0.4 is 5.32 Å². The number of carbonyl (C=O) groups excluding carboxylic acids is 2. The van der Waals surface area contributed by atoms with Crippen LogP contribution in [0.4, 0.5) is 10.2 Å². The van der Waals surface area contributed by atoms with Crippen molar-refractivity contribution in [1.82, 2.24) is 10.1 Å². The Morgan fingerprint density at radius 3 is 2.73 bits per heavy atom. The van der Waals surface area contributed by atoms with Crippen molar-refractivity contribution < 1.29 is 18.5 Å². The fraction of sp³-hybridized carbons (Fsp3) is 0.267. The standard InChI is InChI=1S/C15H14FN3O3/c16-12-4-2-1-3-11(12)15(21)19(10-5-6-10)9-14(20)17-13-7-8-22-18-13/h1-4,7-8,10H,5-6,9H2,(H,17,18,20). The van der Waals surface area contributed by atoms with Gasteiger partial charge in [-0.3, -0.25) is 9.59 Å². The number of amides is 2. The van der Waals surface area contributed by atoms with Crippen molar-refractivity contribution in [2.75, 3.05) is 11.9 Å².